The predicted molar refractivity (Wildman–Crippen MR) is 69.9 cm³/mol. The first-order valence-electron chi connectivity index (χ1n) is 4.78. The fraction of sp³-hybridized carbons (Fsp3) is 0.182. The number of nitrogens with two attached hydrogens (primary N) is 1. The van der Waals surface area contributed by atoms with Crippen LogP contribution in [0.5, 0.6) is 0 Å². The second-order valence-corrected chi connectivity index (χ2v) is 5.17. The van der Waals surface area contributed by atoms with Crippen LogP contribution in [0.25, 0.3) is 10.1 Å². The van der Waals surface area contributed by atoms with Gasteiger partial charge >= 0.3 is 5.97 Å². The molecule has 0 amide bonds. The first-order chi connectivity index (χ1) is 7.63. The molecule has 0 aliphatic heterocycles. The third kappa shape index (κ3) is 1.92. The van der Waals surface area contributed by atoms with E-state index in [9.17, 15) is 4.79 Å². The average Bonchev–Trinajstić information content (AvgIpc) is 2.56. The van der Waals surface area contributed by atoms with Crippen molar-refractivity contribution in [2.75, 3.05) is 12.3 Å². The van der Waals surface area contributed by atoms with Crippen molar-refractivity contribution in [1.29, 1.82) is 0 Å². The molecule has 3 nitrogen and oxygen atoms in total. The molecule has 5 heteroatoms. The number of anilines is 1. The molecule has 0 radical (unpaired) electrons. The molecule has 0 atom stereocenters. The Balaban J connectivity index is 2.55. The molecule has 0 saturated carbocycles. The summed E-state index contributed by atoms with van der Waals surface area (Å²) in [7, 11) is 0. The molecule has 0 aliphatic carbocycles. The van der Waals surface area contributed by atoms with Crippen LogP contribution in [0.4, 0.5) is 5.69 Å². The summed E-state index contributed by atoms with van der Waals surface area (Å²) in [4.78, 5) is 12.1. The number of rotatable bonds is 2. The van der Waals surface area contributed by atoms with Crippen LogP contribution in [0, 0.1) is 0 Å². The molecule has 16 heavy (non-hydrogen) atoms. The number of fused-ring (bicyclic) bond motifs is 1. The van der Waals surface area contributed by atoms with Crippen molar-refractivity contribution in [3.63, 3.8) is 0 Å². The zero-order valence-electron chi connectivity index (χ0n) is 8.62. The van der Waals surface area contributed by atoms with Crippen molar-refractivity contribution in [1.82, 2.24) is 0 Å². The highest BCUT2D eigenvalue weighted by Gasteiger charge is 2.17. The van der Waals surface area contributed by atoms with Gasteiger partial charge in [0.25, 0.3) is 0 Å². The number of hydrogen-bond acceptors (Lipinski definition) is 4. The second kappa shape index (κ2) is 4.43. The normalized spacial score (nSPS) is 10.6. The molecule has 1 aromatic carbocycles. The van der Waals surface area contributed by atoms with Crippen molar-refractivity contribution in [2.24, 2.45) is 0 Å². The molecule has 0 saturated heterocycles. The van der Waals surface area contributed by atoms with Crippen molar-refractivity contribution in [3.05, 3.63) is 27.5 Å². The summed E-state index contributed by atoms with van der Waals surface area (Å²) in [6.45, 7) is 2.13. The number of hydrogen-bond donors (Lipinski definition) is 1. The van der Waals surface area contributed by atoms with E-state index in [0.29, 0.717) is 17.2 Å². The summed E-state index contributed by atoms with van der Waals surface area (Å²) in [5.41, 5.74) is 6.42. The van der Waals surface area contributed by atoms with Gasteiger partial charge in [-0.25, -0.2) is 4.79 Å². The third-order valence-corrected chi connectivity index (χ3v) is 3.79. The maximum atomic E-state index is 11.6. The zero-order valence-corrected chi connectivity index (χ0v) is 11.0. The predicted octanol–water partition coefficient (Wildman–Crippen LogP) is 3.42. The van der Waals surface area contributed by atoms with E-state index in [1.54, 1.807) is 6.92 Å². The van der Waals surface area contributed by atoms with E-state index in [-0.39, 0.29) is 5.97 Å². The van der Waals surface area contributed by atoms with Crippen molar-refractivity contribution < 1.29 is 9.53 Å². The van der Waals surface area contributed by atoms with Crippen molar-refractivity contribution in [3.8, 4) is 0 Å². The van der Waals surface area contributed by atoms with Crippen LogP contribution in [0.15, 0.2) is 22.7 Å². The van der Waals surface area contributed by atoms with E-state index in [0.717, 1.165) is 14.6 Å². The van der Waals surface area contributed by atoms with Crippen LogP contribution in [0.1, 0.15) is 16.6 Å². The Morgan fingerprint density at radius 2 is 2.31 bits per heavy atom. The van der Waals surface area contributed by atoms with Gasteiger partial charge in [-0.2, -0.15) is 0 Å². The maximum Gasteiger partial charge on any atom is 0.350 e. The highest BCUT2D eigenvalue weighted by atomic mass is 79.9. The Hall–Kier alpha value is -1.07. The molecule has 0 aliphatic rings. The molecular weight excluding hydrogens is 290 g/mol. The Morgan fingerprint density at radius 1 is 1.56 bits per heavy atom. The molecule has 2 rings (SSSR count). The average molecular weight is 300 g/mol. The minimum absolute atomic E-state index is 0.350. The maximum absolute atomic E-state index is 11.6. The number of esters is 1. The molecule has 0 unspecified atom stereocenters. The lowest BCUT2D eigenvalue weighted by atomic mass is 10.2. The summed E-state index contributed by atoms with van der Waals surface area (Å²) in [5.74, 6) is -0.350. The number of halogens is 1. The molecule has 84 valence electrons. The summed E-state index contributed by atoms with van der Waals surface area (Å²) in [6.07, 6.45) is 0. The molecular formula is C11H10BrNO2S. The molecule has 2 N–H and O–H groups in total. The van der Waals surface area contributed by atoms with Gasteiger partial charge in [0.2, 0.25) is 0 Å². The van der Waals surface area contributed by atoms with E-state index in [1.165, 1.54) is 11.3 Å². The van der Waals surface area contributed by atoms with Crippen LogP contribution in [-0.4, -0.2) is 12.6 Å². The molecule has 1 heterocycles. The Kier molecular flexibility index (Phi) is 3.16. The van der Waals surface area contributed by atoms with Gasteiger partial charge in [-0.3, -0.25) is 0 Å². The van der Waals surface area contributed by atoms with Crippen molar-refractivity contribution in [2.45, 2.75) is 6.92 Å². The lowest BCUT2D eigenvalue weighted by Gasteiger charge is -1.99. The smallest absolute Gasteiger partial charge is 0.350 e. The number of carbonyl (C=O) groups is 1. The van der Waals surface area contributed by atoms with Gasteiger partial charge < -0.3 is 10.5 Å². The zero-order chi connectivity index (χ0) is 11.7. The Bertz CT molecular complexity index is 550. The highest BCUT2D eigenvalue weighted by Crippen LogP contribution is 2.35. The number of benzene rings is 1. The lowest BCUT2D eigenvalue weighted by molar-refractivity contribution is 0.0533. The summed E-state index contributed by atoms with van der Waals surface area (Å²) < 4.78 is 6.90. The summed E-state index contributed by atoms with van der Waals surface area (Å²) >= 11 is 4.74. The number of nitrogen functional groups attached to an aromatic ring is 1. The summed E-state index contributed by atoms with van der Waals surface area (Å²) in [5, 5.41) is 0.899. The van der Waals surface area contributed by atoms with Crippen molar-refractivity contribution >= 4 is 49.0 Å². The van der Waals surface area contributed by atoms with Gasteiger partial charge in [0.1, 0.15) is 4.88 Å². The number of carbonyl (C=O) groups excluding carboxylic acids is 1. The van der Waals surface area contributed by atoms with Crippen LogP contribution in [-0.2, 0) is 4.74 Å². The van der Waals surface area contributed by atoms with E-state index < -0.39 is 0 Å². The third-order valence-electron chi connectivity index (χ3n) is 2.15. The van der Waals surface area contributed by atoms with Gasteiger partial charge in [-0.15, -0.1) is 11.3 Å². The fourth-order valence-corrected chi connectivity index (χ4v) is 3.01. The molecule has 1 aromatic heterocycles. The van der Waals surface area contributed by atoms with E-state index >= 15 is 0 Å². The van der Waals surface area contributed by atoms with Gasteiger partial charge in [0.15, 0.2) is 0 Å². The van der Waals surface area contributed by atoms with Gasteiger partial charge in [0, 0.05) is 14.6 Å². The van der Waals surface area contributed by atoms with Crippen LogP contribution >= 0.6 is 27.3 Å². The topological polar surface area (TPSA) is 52.3 Å². The van der Waals surface area contributed by atoms with E-state index in [2.05, 4.69) is 15.9 Å². The van der Waals surface area contributed by atoms with E-state index in [1.807, 2.05) is 18.2 Å². The molecule has 0 bridgehead atoms. The highest BCUT2D eigenvalue weighted by molar-refractivity contribution is 9.10. The van der Waals surface area contributed by atoms with Gasteiger partial charge in [0.05, 0.1) is 12.3 Å². The molecule has 0 fully saturated rings. The monoisotopic (exact) mass is 299 g/mol. The lowest BCUT2D eigenvalue weighted by Crippen LogP contribution is -2.04. The standard InChI is InChI=1S/C11H10BrNO2S/c1-2-15-11(14)10-9(13)7-4-3-6(12)5-8(7)16-10/h3-5H,2,13H2,1H3. The van der Waals surface area contributed by atoms with Gasteiger partial charge in [-0.1, -0.05) is 22.0 Å². The number of thiophene rings is 1. The summed E-state index contributed by atoms with van der Waals surface area (Å²) in [6, 6.07) is 5.74. The van der Waals surface area contributed by atoms with Crippen LogP contribution in [0.3, 0.4) is 0 Å². The second-order valence-electron chi connectivity index (χ2n) is 3.21. The minimum Gasteiger partial charge on any atom is -0.462 e. The van der Waals surface area contributed by atoms with Gasteiger partial charge in [-0.05, 0) is 19.1 Å². The first-order valence-corrected chi connectivity index (χ1v) is 6.39. The van der Waals surface area contributed by atoms with Crippen LogP contribution < -0.4 is 5.73 Å². The first kappa shape index (κ1) is 11.4. The van der Waals surface area contributed by atoms with E-state index in [4.69, 9.17) is 10.5 Å². The largest absolute Gasteiger partial charge is 0.462 e. The quantitative estimate of drug-likeness (QED) is 0.865. The van der Waals surface area contributed by atoms with Crippen LogP contribution in [0.2, 0.25) is 0 Å². The molecule has 2 aromatic rings. The SMILES string of the molecule is CCOC(=O)c1sc2cc(Br)ccc2c1N. The fourth-order valence-electron chi connectivity index (χ4n) is 1.44. The molecule has 0 spiro atoms. The Labute approximate surface area is 105 Å². The number of ether oxygens (including phenoxy) is 1. The Morgan fingerprint density at radius 3 is 3.00 bits per heavy atom. The minimum atomic E-state index is -0.350.